The highest BCUT2D eigenvalue weighted by Gasteiger charge is 2.44. The van der Waals surface area contributed by atoms with E-state index >= 15 is 0 Å². The van der Waals surface area contributed by atoms with E-state index in [0.29, 0.717) is 4.90 Å². The van der Waals surface area contributed by atoms with E-state index in [9.17, 15) is 13.4 Å². The highest BCUT2D eigenvalue weighted by molar-refractivity contribution is 7.93. The molecule has 1 amide bonds. The molecule has 0 aliphatic carbocycles. The molecule has 1 aromatic carbocycles. The largest absolute Gasteiger partial charge is 0.268 e. The van der Waals surface area contributed by atoms with Gasteiger partial charge in [0, 0.05) is 7.05 Å². The molecule has 0 spiro atoms. The smallest absolute Gasteiger partial charge is 0.267 e. The fourth-order valence-electron chi connectivity index (χ4n) is 2.12. The monoisotopic (exact) mass is 342 g/mol. The van der Waals surface area contributed by atoms with Gasteiger partial charge < -0.3 is 0 Å². The molecule has 122 valence electrons. The lowest BCUT2D eigenvalue weighted by Crippen LogP contribution is -2.38. The highest BCUT2D eigenvalue weighted by Crippen LogP contribution is 2.41. The lowest BCUT2D eigenvalue weighted by atomic mass is 10.1. The third-order valence-corrected chi connectivity index (χ3v) is 13.0. The molecule has 4 nitrogen and oxygen atoms in total. The van der Waals surface area contributed by atoms with Crippen molar-refractivity contribution in [3.8, 4) is 0 Å². The van der Waals surface area contributed by atoms with Crippen LogP contribution in [0.3, 0.4) is 0 Å². The topological polar surface area (TPSA) is 49.7 Å². The predicted octanol–water partition coefficient (Wildman–Crippen LogP) is 3.97. The molecule has 22 heavy (non-hydrogen) atoms. The average Bonchev–Trinajstić information content (AvgIpc) is 2.54. The first-order valence-electron chi connectivity index (χ1n) is 7.18. The molecule has 7 heteroatoms. The summed E-state index contributed by atoms with van der Waals surface area (Å²) in [5, 5.41) is -0.0981. The number of rotatable bonds is 1. The molecule has 1 aromatic rings. The van der Waals surface area contributed by atoms with Crippen LogP contribution >= 0.6 is 0 Å². The second kappa shape index (κ2) is 4.89. The van der Waals surface area contributed by atoms with Gasteiger partial charge in [0.05, 0.1) is 10.5 Å². The quantitative estimate of drug-likeness (QED) is 0.725. The molecule has 1 atom stereocenters. The van der Waals surface area contributed by atoms with Crippen molar-refractivity contribution in [3.05, 3.63) is 29.1 Å². The minimum absolute atomic E-state index is 0.0981. The van der Waals surface area contributed by atoms with E-state index in [0.717, 1.165) is 0 Å². The number of carbonyl (C=O) groups excluding carboxylic acids is 1. The third kappa shape index (κ3) is 2.30. The van der Waals surface area contributed by atoms with Gasteiger partial charge in [-0.15, -0.1) is 0 Å². The van der Waals surface area contributed by atoms with Crippen molar-refractivity contribution in [2.45, 2.75) is 50.7 Å². The van der Waals surface area contributed by atoms with Crippen LogP contribution in [-0.2, 0) is 9.92 Å². The van der Waals surface area contributed by atoms with Crippen molar-refractivity contribution in [1.29, 1.82) is 0 Å². The number of amides is 1. The molecule has 0 bridgehead atoms. The van der Waals surface area contributed by atoms with Crippen LogP contribution in [0.1, 0.15) is 36.7 Å². The zero-order valence-corrected chi connectivity index (χ0v) is 16.0. The Morgan fingerprint density at radius 2 is 1.82 bits per heavy atom. The Morgan fingerprint density at radius 3 is 2.32 bits per heavy atom. The maximum Gasteiger partial charge on any atom is 0.267 e. The second-order valence-electron chi connectivity index (χ2n) is 7.25. The summed E-state index contributed by atoms with van der Waals surface area (Å²) in [6.07, 6.45) is 0. The van der Waals surface area contributed by atoms with Gasteiger partial charge in [-0.2, -0.15) is 0 Å². The first kappa shape index (κ1) is 17.1. The first-order chi connectivity index (χ1) is 9.83. The van der Waals surface area contributed by atoms with Crippen molar-refractivity contribution < 1.29 is 13.4 Å². The van der Waals surface area contributed by atoms with Crippen LogP contribution in [0.5, 0.6) is 0 Å². The summed E-state index contributed by atoms with van der Waals surface area (Å²) >= 11 is 0. The molecule has 0 saturated carbocycles. The lowest BCUT2D eigenvalue weighted by molar-refractivity contribution is 0.0892. The van der Waals surface area contributed by atoms with Gasteiger partial charge in [0.1, 0.15) is 5.82 Å². The number of hydrogen-bond donors (Lipinski definition) is 0. The molecule has 0 radical (unpaired) electrons. The summed E-state index contributed by atoms with van der Waals surface area (Å²) in [5.41, 5.74) is 0.444. The highest BCUT2D eigenvalue weighted by atomic mass is 32.2. The maximum atomic E-state index is 13.8. The molecule has 2 rings (SSSR count). The van der Waals surface area contributed by atoms with Crippen molar-refractivity contribution in [2.24, 2.45) is 4.03 Å². The molecule has 1 heterocycles. The predicted molar refractivity (Wildman–Crippen MR) is 89.3 cm³/mol. The Balaban J connectivity index is 2.82. The van der Waals surface area contributed by atoms with Crippen LogP contribution in [0.2, 0.25) is 18.1 Å². The summed E-state index contributed by atoms with van der Waals surface area (Å²) in [5.74, 6) is -0.879. The molecule has 0 saturated heterocycles. The van der Waals surface area contributed by atoms with E-state index in [-0.39, 0.29) is 16.2 Å². The van der Waals surface area contributed by atoms with E-state index in [2.05, 4.69) is 20.8 Å². The van der Waals surface area contributed by atoms with Crippen molar-refractivity contribution >= 4 is 24.1 Å². The van der Waals surface area contributed by atoms with Crippen LogP contribution in [0, 0.1) is 12.7 Å². The molecule has 0 N–H and O–H groups in total. The standard InChI is InChI=1S/C15H23FN2O2SSi/c1-10-11(16)8-9-12-13(10)14(19)18(5)21(12,20)17-22(6,7)15(2,3)4/h8-9H,1-7H3. The van der Waals surface area contributed by atoms with E-state index in [1.165, 1.54) is 30.4 Å². The van der Waals surface area contributed by atoms with E-state index in [1.54, 1.807) is 0 Å². The summed E-state index contributed by atoms with van der Waals surface area (Å²) in [6, 6.07) is 2.71. The number of nitrogens with zero attached hydrogens (tertiary/aromatic N) is 2. The summed E-state index contributed by atoms with van der Waals surface area (Å²) in [6.45, 7) is 11.8. The van der Waals surface area contributed by atoms with Gasteiger partial charge in [0.15, 0.2) is 18.2 Å². The van der Waals surface area contributed by atoms with Crippen LogP contribution in [0.4, 0.5) is 4.39 Å². The molecular formula is C15H23FN2O2SSi. The van der Waals surface area contributed by atoms with Crippen molar-refractivity contribution in [1.82, 2.24) is 4.31 Å². The number of fused-ring (bicyclic) bond motifs is 1. The Kier molecular flexibility index (Phi) is 3.81. The first-order valence-corrected chi connectivity index (χ1v) is 11.6. The number of carbonyl (C=O) groups is 1. The van der Waals surface area contributed by atoms with E-state index < -0.39 is 29.9 Å². The Hall–Kier alpha value is -1.21. The number of hydrogen-bond acceptors (Lipinski definition) is 3. The van der Waals surface area contributed by atoms with Crippen molar-refractivity contribution in [3.63, 3.8) is 0 Å². The fourth-order valence-corrected chi connectivity index (χ4v) is 7.94. The van der Waals surface area contributed by atoms with Crippen LogP contribution in [0.15, 0.2) is 21.1 Å². The third-order valence-electron chi connectivity index (χ3n) is 4.71. The summed E-state index contributed by atoms with van der Waals surface area (Å²) in [4.78, 5) is 12.8. The van der Waals surface area contributed by atoms with Crippen LogP contribution < -0.4 is 0 Å². The van der Waals surface area contributed by atoms with Crippen molar-refractivity contribution in [2.75, 3.05) is 7.05 Å². The minimum atomic E-state index is -3.02. The normalized spacial score (nSPS) is 22.0. The average molecular weight is 343 g/mol. The van der Waals surface area contributed by atoms with Gasteiger partial charge in [0.25, 0.3) is 5.91 Å². The number of halogens is 1. The summed E-state index contributed by atoms with van der Waals surface area (Å²) in [7, 11) is -3.78. The van der Waals surface area contributed by atoms with Gasteiger partial charge in [0.2, 0.25) is 0 Å². The van der Waals surface area contributed by atoms with Gasteiger partial charge in [-0.05, 0) is 42.8 Å². The van der Waals surface area contributed by atoms with Gasteiger partial charge in [-0.25, -0.2) is 8.60 Å². The molecule has 1 unspecified atom stereocenters. The lowest BCUT2D eigenvalue weighted by Gasteiger charge is -2.33. The maximum absolute atomic E-state index is 13.8. The SMILES string of the molecule is Cc1c(F)ccc2c1C(=O)N(C)S2(=O)=N[Si](C)(C)C(C)(C)C. The molecular weight excluding hydrogens is 319 g/mol. The second-order valence-corrected chi connectivity index (χ2v) is 14.6. The molecule has 1 aliphatic rings. The van der Waals surface area contributed by atoms with Gasteiger partial charge in [-0.1, -0.05) is 20.8 Å². The zero-order chi connectivity index (χ0) is 17.1. The molecule has 0 aromatic heterocycles. The molecule has 1 aliphatic heterocycles. The van der Waals surface area contributed by atoms with Gasteiger partial charge >= 0.3 is 0 Å². The van der Waals surface area contributed by atoms with Crippen LogP contribution in [-0.4, -0.2) is 29.7 Å². The Morgan fingerprint density at radius 1 is 1.27 bits per heavy atom. The summed E-state index contributed by atoms with van der Waals surface area (Å²) < 4.78 is 33.2. The van der Waals surface area contributed by atoms with E-state index in [1.807, 2.05) is 13.1 Å². The minimum Gasteiger partial charge on any atom is -0.268 e. The van der Waals surface area contributed by atoms with E-state index in [4.69, 9.17) is 4.03 Å². The molecule has 0 fully saturated rings. The Labute approximate surface area is 133 Å². The zero-order valence-electron chi connectivity index (χ0n) is 14.2. The van der Waals surface area contributed by atoms with Crippen LogP contribution in [0.25, 0.3) is 0 Å². The van der Waals surface area contributed by atoms with Gasteiger partial charge in [-0.3, -0.25) is 13.1 Å². The Bertz CT molecular complexity index is 774. The fraction of sp³-hybridized carbons (Fsp3) is 0.533. The number of benzene rings is 1.